The Balaban J connectivity index is 2.09. The van der Waals surface area contributed by atoms with Gasteiger partial charge in [0.1, 0.15) is 0 Å². The largest absolute Gasteiger partial charge is 0.493 e. The summed E-state index contributed by atoms with van der Waals surface area (Å²) in [6, 6.07) is 9.11. The maximum absolute atomic E-state index is 12.0. The van der Waals surface area contributed by atoms with Crippen LogP contribution >= 0.6 is 11.6 Å². The molecule has 1 N–H and O–H groups in total. The van der Waals surface area contributed by atoms with Crippen LogP contribution in [-0.2, 0) is 4.79 Å². The number of anilines is 1. The Morgan fingerprint density at radius 1 is 1.27 bits per heavy atom. The molecule has 2 rings (SSSR count). The van der Waals surface area contributed by atoms with Gasteiger partial charge < -0.3 is 14.8 Å². The Kier molecular flexibility index (Phi) is 6.57. The second-order valence-corrected chi connectivity index (χ2v) is 5.49. The van der Waals surface area contributed by atoms with E-state index in [4.69, 9.17) is 21.1 Å². The van der Waals surface area contributed by atoms with Gasteiger partial charge >= 0.3 is 0 Å². The van der Waals surface area contributed by atoms with E-state index in [-0.39, 0.29) is 16.4 Å². The molecule has 7 nitrogen and oxygen atoms in total. The molecule has 1 amide bonds. The zero-order chi connectivity index (χ0) is 19.1. The van der Waals surface area contributed by atoms with Crippen molar-refractivity contribution in [1.29, 1.82) is 0 Å². The van der Waals surface area contributed by atoms with Crippen molar-refractivity contribution in [2.24, 2.45) is 0 Å². The van der Waals surface area contributed by atoms with Gasteiger partial charge in [0.15, 0.2) is 11.5 Å². The van der Waals surface area contributed by atoms with Gasteiger partial charge in [-0.3, -0.25) is 14.9 Å². The number of carbonyl (C=O) groups excluding carboxylic acids is 1. The van der Waals surface area contributed by atoms with Crippen LogP contribution in [0, 0.1) is 10.1 Å². The van der Waals surface area contributed by atoms with E-state index < -0.39 is 10.8 Å². The van der Waals surface area contributed by atoms with Crippen molar-refractivity contribution in [3.05, 3.63) is 63.2 Å². The molecule has 0 heterocycles. The van der Waals surface area contributed by atoms with E-state index in [1.807, 2.05) is 6.92 Å². The summed E-state index contributed by atoms with van der Waals surface area (Å²) in [5, 5.41) is 13.3. The number of methoxy groups -OCH3 is 1. The molecule has 8 heteroatoms. The van der Waals surface area contributed by atoms with Crippen molar-refractivity contribution in [3.8, 4) is 11.5 Å². The number of nitrogens with one attached hydrogen (secondary N) is 1. The normalized spacial score (nSPS) is 10.6. The van der Waals surface area contributed by atoms with E-state index in [0.29, 0.717) is 18.1 Å². The van der Waals surface area contributed by atoms with Crippen LogP contribution < -0.4 is 14.8 Å². The van der Waals surface area contributed by atoms with Crippen molar-refractivity contribution in [1.82, 2.24) is 0 Å². The molecule has 0 fully saturated rings. The Hall–Kier alpha value is -3.06. The summed E-state index contributed by atoms with van der Waals surface area (Å²) < 4.78 is 10.7. The first kappa shape index (κ1) is 19.3. The number of amides is 1. The standard InChI is InChI=1S/C18H17ClN2O5/c1-3-26-16-8-4-12(10-17(16)25-2)5-9-18(22)20-15-7-6-13(21(23)24)11-14(15)19/h4-11H,3H2,1-2H3,(H,20,22)/b9-5+. The Labute approximate surface area is 155 Å². The number of nitro groups is 1. The van der Waals surface area contributed by atoms with Gasteiger partial charge in [0, 0.05) is 18.2 Å². The lowest BCUT2D eigenvalue weighted by Gasteiger charge is -2.09. The first-order valence-corrected chi connectivity index (χ1v) is 8.06. The first-order valence-electron chi connectivity index (χ1n) is 7.68. The monoisotopic (exact) mass is 376 g/mol. The van der Waals surface area contributed by atoms with E-state index in [1.54, 1.807) is 24.3 Å². The number of hydrogen-bond donors (Lipinski definition) is 1. The number of benzene rings is 2. The molecule has 0 saturated carbocycles. The molecular formula is C18H17ClN2O5. The average molecular weight is 377 g/mol. The molecule has 2 aromatic carbocycles. The molecule has 0 radical (unpaired) electrons. The summed E-state index contributed by atoms with van der Waals surface area (Å²) in [7, 11) is 1.54. The van der Waals surface area contributed by atoms with Crippen LogP contribution in [0.4, 0.5) is 11.4 Å². The van der Waals surface area contributed by atoms with Crippen LogP contribution in [0.5, 0.6) is 11.5 Å². The predicted molar refractivity (Wildman–Crippen MR) is 99.9 cm³/mol. The molecule has 0 saturated heterocycles. The maximum Gasteiger partial charge on any atom is 0.271 e. The first-order chi connectivity index (χ1) is 12.4. The fourth-order valence-electron chi connectivity index (χ4n) is 2.13. The molecule has 0 aliphatic heterocycles. The minimum atomic E-state index is -0.559. The molecule has 0 aromatic heterocycles. The molecule has 0 aliphatic carbocycles. The Morgan fingerprint density at radius 3 is 2.65 bits per heavy atom. The molecular weight excluding hydrogens is 360 g/mol. The van der Waals surface area contributed by atoms with Crippen molar-refractivity contribution < 1.29 is 19.2 Å². The van der Waals surface area contributed by atoms with Gasteiger partial charge in [-0.2, -0.15) is 0 Å². The van der Waals surface area contributed by atoms with Crippen LogP contribution in [0.2, 0.25) is 5.02 Å². The van der Waals surface area contributed by atoms with Gasteiger partial charge in [-0.15, -0.1) is 0 Å². The molecule has 0 spiro atoms. The van der Waals surface area contributed by atoms with Crippen LogP contribution in [-0.4, -0.2) is 24.5 Å². The number of nitro benzene ring substituents is 1. The van der Waals surface area contributed by atoms with E-state index in [9.17, 15) is 14.9 Å². The molecule has 0 atom stereocenters. The minimum Gasteiger partial charge on any atom is -0.493 e. The molecule has 0 unspecified atom stereocenters. The molecule has 0 bridgehead atoms. The Bertz CT molecular complexity index is 851. The van der Waals surface area contributed by atoms with Crippen LogP contribution in [0.25, 0.3) is 6.08 Å². The lowest BCUT2D eigenvalue weighted by molar-refractivity contribution is -0.384. The topological polar surface area (TPSA) is 90.7 Å². The summed E-state index contributed by atoms with van der Waals surface area (Å²) in [5.74, 6) is 0.760. The van der Waals surface area contributed by atoms with Crippen molar-refractivity contribution in [2.75, 3.05) is 19.0 Å². The summed E-state index contributed by atoms with van der Waals surface area (Å²) in [6.45, 7) is 2.39. The molecule has 0 aliphatic rings. The molecule has 26 heavy (non-hydrogen) atoms. The van der Waals surface area contributed by atoms with Crippen LogP contribution in [0.3, 0.4) is 0 Å². The van der Waals surface area contributed by atoms with Crippen LogP contribution in [0.1, 0.15) is 12.5 Å². The maximum atomic E-state index is 12.0. The van der Waals surface area contributed by atoms with E-state index in [1.165, 1.54) is 31.4 Å². The zero-order valence-corrected chi connectivity index (χ0v) is 14.9. The third kappa shape index (κ3) is 4.97. The van der Waals surface area contributed by atoms with E-state index in [2.05, 4.69) is 5.32 Å². The highest BCUT2D eigenvalue weighted by Crippen LogP contribution is 2.29. The van der Waals surface area contributed by atoms with Gasteiger partial charge in [-0.05, 0) is 36.8 Å². The highest BCUT2D eigenvalue weighted by Gasteiger charge is 2.10. The third-order valence-electron chi connectivity index (χ3n) is 3.34. The molecule has 136 valence electrons. The van der Waals surface area contributed by atoms with Gasteiger partial charge in [-0.1, -0.05) is 17.7 Å². The van der Waals surface area contributed by atoms with Gasteiger partial charge in [0.2, 0.25) is 5.91 Å². The van der Waals surface area contributed by atoms with Gasteiger partial charge in [-0.25, -0.2) is 0 Å². The number of hydrogen-bond acceptors (Lipinski definition) is 5. The fraction of sp³-hybridized carbons (Fsp3) is 0.167. The fourth-order valence-corrected chi connectivity index (χ4v) is 2.35. The SMILES string of the molecule is CCOc1ccc(/C=C/C(=O)Nc2ccc([N+](=O)[O-])cc2Cl)cc1OC. The number of carbonyl (C=O) groups is 1. The lowest BCUT2D eigenvalue weighted by atomic mass is 10.2. The number of halogens is 1. The highest BCUT2D eigenvalue weighted by molar-refractivity contribution is 6.34. The van der Waals surface area contributed by atoms with Gasteiger partial charge in [0.25, 0.3) is 5.69 Å². The zero-order valence-electron chi connectivity index (χ0n) is 14.2. The quantitative estimate of drug-likeness (QED) is 0.441. The average Bonchev–Trinajstić information content (AvgIpc) is 2.62. The van der Waals surface area contributed by atoms with Gasteiger partial charge in [0.05, 0.1) is 29.4 Å². The second-order valence-electron chi connectivity index (χ2n) is 5.09. The number of non-ortho nitro benzene ring substituents is 1. The summed E-state index contributed by atoms with van der Waals surface area (Å²) in [6.07, 6.45) is 2.93. The highest BCUT2D eigenvalue weighted by atomic mass is 35.5. The third-order valence-corrected chi connectivity index (χ3v) is 3.65. The lowest BCUT2D eigenvalue weighted by Crippen LogP contribution is -2.08. The summed E-state index contributed by atoms with van der Waals surface area (Å²) in [4.78, 5) is 22.2. The summed E-state index contributed by atoms with van der Waals surface area (Å²) in [5.41, 5.74) is 0.886. The van der Waals surface area contributed by atoms with Crippen molar-refractivity contribution in [3.63, 3.8) is 0 Å². The smallest absolute Gasteiger partial charge is 0.271 e. The van der Waals surface area contributed by atoms with Crippen LogP contribution in [0.15, 0.2) is 42.5 Å². The minimum absolute atomic E-state index is 0.0867. The van der Waals surface area contributed by atoms with Crippen molar-refractivity contribution >= 4 is 35.0 Å². The second kappa shape index (κ2) is 8.87. The molecule has 2 aromatic rings. The van der Waals surface area contributed by atoms with E-state index >= 15 is 0 Å². The van der Waals surface area contributed by atoms with Crippen molar-refractivity contribution in [2.45, 2.75) is 6.92 Å². The predicted octanol–water partition coefficient (Wildman–Crippen LogP) is 4.31. The Morgan fingerprint density at radius 2 is 2.04 bits per heavy atom. The number of ether oxygens (including phenoxy) is 2. The number of rotatable bonds is 7. The number of nitrogens with zero attached hydrogens (tertiary/aromatic N) is 1. The van der Waals surface area contributed by atoms with E-state index in [0.717, 1.165) is 5.56 Å². The summed E-state index contributed by atoms with van der Waals surface area (Å²) >= 11 is 5.95.